The Hall–Kier alpha value is -0.580. The second-order valence-corrected chi connectivity index (χ2v) is 4.22. The van der Waals surface area contributed by atoms with Crippen LogP contribution in [0.25, 0.3) is 0 Å². The molecule has 16 heavy (non-hydrogen) atoms. The SMILES string of the molecule is CCc1nn(CC)c(CN(C)CCO)c1Cl. The van der Waals surface area contributed by atoms with Crippen molar-refractivity contribution >= 4 is 11.6 Å². The van der Waals surface area contributed by atoms with Gasteiger partial charge in [-0.1, -0.05) is 18.5 Å². The number of aliphatic hydroxyl groups is 1. The number of hydrogen-bond acceptors (Lipinski definition) is 3. The maximum atomic E-state index is 8.86. The molecule has 1 heterocycles. The van der Waals surface area contributed by atoms with Gasteiger partial charge in [0.1, 0.15) is 0 Å². The van der Waals surface area contributed by atoms with Gasteiger partial charge in [0.05, 0.1) is 23.0 Å². The number of aromatic nitrogens is 2. The lowest BCUT2D eigenvalue weighted by Crippen LogP contribution is -2.23. The fourth-order valence-corrected chi connectivity index (χ4v) is 2.00. The molecule has 0 bridgehead atoms. The van der Waals surface area contributed by atoms with E-state index in [2.05, 4.69) is 18.9 Å². The van der Waals surface area contributed by atoms with Crippen LogP contribution in [0.2, 0.25) is 5.02 Å². The van der Waals surface area contributed by atoms with Crippen molar-refractivity contribution in [2.45, 2.75) is 33.4 Å². The Bertz CT molecular complexity index is 338. The third-order valence-electron chi connectivity index (χ3n) is 2.60. The molecule has 0 radical (unpaired) electrons. The fraction of sp³-hybridized carbons (Fsp3) is 0.727. The van der Waals surface area contributed by atoms with Crippen LogP contribution >= 0.6 is 11.6 Å². The number of hydrogen-bond donors (Lipinski definition) is 1. The Morgan fingerprint density at radius 1 is 1.44 bits per heavy atom. The molecule has 1 rings (SSSR count). The summed E-state index contributed by atoms with van der Waals surface area (Å²) in [6, 6.07) is 0. The Morgan fingerprint density at radius 3 is 2.62 bits per heavy atom. The molecule has 0 fully saturated rings. The highest BCUT2D eigenvalue weighted by Gasteiger charge is 2.15. The first-order chi connectivity index (χ1) is 7.63. The van der Waals surface area contributed by atoms with E-state index in [9.17, 15) is 0 Å². The zero-order chi connectivity index (χ0) is 12.1. The highest BCUT2D eigenvalue weighted by atomic mass is 35.5. The van der Waals surface area contributed by atoms with E-state index in [1.54, 1.807) is 0 Å². The van der Waals surface area contributed by atoms with Crippen LogP contribution in [0.5, 0.6) is 0 Å². The monoisotopic (exact) mass is 245 g/mol. The Kier molecular flexibility index (Phi) is 5.25. The van der Waals surface area contributed by atoms with Crippen molar-refractivity contribution in [3.63, 3.8) is 0 Å². The van der Waals surface area contributed by atoms with E-state index in [0.717, 1.165) is 35.9 Å². The first-order valence-electron chi connectivity index (χ1n) is 5.67. The molecule has 0 atom stereocenters. The van der Waals surface area contributed by atoms with E-state index in [4.69, 9.17) is 16.7 Å². The highest BCUT2D eigenvalue weighted by Crippen LogP contribution is 2.22. The molecule has 0 aromatic carbocycles. The van der Waals surface area contributed by atoms with Gasteiger partial charge in [0, 0.05) is 19.6 Å². The van der Waals surface area contributed by atoms with Gasteiger partial charge in [-0.05, 0) is 20.4 Å². The minimum atomic E-state index is 0.162. The van der Waals surface area contributed by atoms with Gasteiger partial charge in [0.15, 0.2) is 0 Å². The highest BCUT2D eigenvalue weighted by molar-refractivity contribution is 6.31. The zero-order valence-corrected chi connectivity index (χ0v) is 11.0. The maximum absolute atomic E-state index is 8.86. The summed E-state index contributed by atoms with van der Waals surface area (Å²) in [6.45, 7) is 6.46. The number of aliphatic hydroxyl groups excluding tert-OH is 1. The molecule has 1 aromatic heterocycles. The summed E-state index contributed by atoms with van der Waals surface area (Å²) in [5.41, 5.74) is 1.99. The third-order valence-corrected chi connectivity index (χ3v) is 3.03. The largest absolute Gasteiger partial charge is 0.395 e. The average molecular weight is 246 g/mol. The van der Waals surface area contributed by atoms with E-state index in [1.807, 2.05) is 16.6 Å². The van der Waals surface area contributed by atoms with E-state index in [1.165, 1.54) is 0 Å². The molecule has 1 N–H and O–H groups in total. The van der Waals surface area contributed by atoms with Gasteiger partial charge in [0.25, 0.3) is 0 Å². The molecule has 0 aliphatic rings. The van der Waals surface area contributed by atoms with Gasteiger partial charge in [-0.3, -0.25) is 9.58 Å². The number of halogens is 1. The normalized spacial score (nSPS) is 11.4. The third kappa shape index (κ3) is 2.97. The molecule has 0 saturated heterocycles. The van der Waals surface area contributed by atoms with Crippen LogP contribution in [-0.2, 0) is 19.5 Å². The Balaban J connectivity index is 2.88. The van der Waals surface area contributed by atoms with E-state index >= 15 is 0 Å². The zero-order valence-electron chi connectivity index (χ0n) is 10.2. The molecule has 4 nitrogen and oxygen atoms in total. The predicted molar refractivity (Wildman–Crippen MR) is 65.7 cm³/mol. The molecule has 0 aliphatic carbocycles. The predicted octanol–water partition coefficient (Wildman–Crippen LogP) is 1.54. The van der Waals surface area contributed by atoms with Crippen LogP contribution < -0.4 is 0 Å². The van der Waals surface area contributed by atoms with Crippen molar-refractivity contribution in [3.05, 3.63) is 16.4 Å². The Morgan fingerprint density at radius 2 is 2.12 bits per heavy atom. The van der Waals surface area contributed by atoms with Gasteiger partial charge in [-0.2, -0.15) is 5.10 Å². The number of aryl methyl sites for hydroxylation is 2. The average Bonchev–Trinajstić information content (AvgIpc) is 2.56. The van der Waals surface area contributed by atoms with Gasteiger partial charge >= 0.3 is 0 Å². The molecule has 0 amide bonds. The van der Waals surface area contributed by atoms with E-state index in [-0.39, 0.29) is 6.61 Å². The smallest absolute Gasteiger partial charge is 0.0863 e. The summed E-state index contributed by atoms with van der Waals surface area (Å²) in [5.74, 6) is 0. The van der Waals surface area contributed by atoms with Gasteiger partial charge in [-0.25, -0.2) is 0 Å². The van der Waals surface area contributed by atoms with Crippen molar-refractivity contribution in [2.75, 3.05) is 20.2 Å². The molecule has 0 saturated carbocycles. The Labute approximate surface area is 102 Å². The lowest BCUT2D eigenvalue weighted by molar-refractivity contribution is 0.214. The number of rotatable bonds is 6. The summed E-state index contributed by atoms with van der Waals surface area (Å²) in [5, 5.41) is 14.1. The van der Waals surface area contributed by atoms with Crippen molar-refractivity contribution in [2.24, 2.45) is 0 Å². The molecular weight excluding hydrogens is 226 g/mol. The lowest BCUT2D eigenvalue weighted by Gasteiger charge is -2.15. The summed E-state index contributed by atoms with van der Waals surface area (Å²) >= 11 is 6.28. The quantitative estimate of drug-likeness (QED) is 0.827. The van der Waals surface area contributed by atoms with Gasteiger partial charge in [-0.15, -0.1) is 0 Å². The topological polar surface area (TPSA) is 41.3 Å². The number of nitrogens with zero attached hydrogens (tertiary/aromatic N) is 3. The van der Waals surface area contributed by atoms with Crippen LogP contribution in [0.4, 0.5) is 0 Å². The maximum Gasteiger partial charge on any atom is 0.0863 e. The molecule has 92 valence electrons. The molecule has 0 unspecified atom stereocenters. The van der Waals surface area contributed by atoms with Gasteiger partial charge < -0.3 is 5.11 Å². The second kappa shape index (κ2) is 6.23. The van der Waals surface area contributed by atoms with Crippen LogP contribution in [0.3, 0.4) is 0 Å². The molecular formula is C11H20ClN3O. The number of likely N-dealkylation sites (N-methyl/N-ethyl adjacent to an activating group) is 1. The van der Waals surface area contributed by atoms with Crippen molar-refractivity contribution < 1.29 is 5.11 Å². The van der Waals surface area contributed by atoms with Crippen LogP contribution in [0, 0.1) is 0 Å². The summed E-state index contributed by atoms with van der Waals surface area (Å²) in [7, 11) is 1.96. The fourth-order valence-electron chi connectivity index (χ4n) is 1.67. The summed E-state index contributed by atoms with van der Waals surface area (Å²) in [4.78, 5) is 2.04. The van der Waals surface area contributed by atoms with Crippen LogP contribution in [0.15, 0.2) is 0 Å². The first-order valence-corrected chi connectivity index (χ1v) is 6.05. The van der Waals surface area contributed by atoms with Crippen molar-refractivity contribution in [3.8, 4) is 0 Å². The molecule has 0 aliphatic heterocycles. The van der Waals surface area contributed by atoms with Crippen molar-refractivity contribution in [1.29, 1.82) is 0 Å². The van der Waals surface area contributed by atoms with E-state index in [0.29, 0.717) is 6.54 Å². The van der Waals surface area contributed by atoms with Crippen molar-refractivity contribution in [1.82, 2.24) is 14.7 Å². The first kappa shape index (κ1) is 13.5. The van der Waals surface area contributed by atoms with Crippen LogP contribution in [0.1, 0.15) is 25.2 Å². The minimum absolute atomic E-state index is 0.162. The summed E-state index contributed by atoms with van der Waals surface area (Å²) < 4.78 is 1.94. The summed E-state index contributed by atoms with van der Waals surface area (Å²) in [6.07, 6.45) is 0.850. The van der Waals surface area contributed by atoms with Crippen LogP contribution in [-0.4, -0.2) is 40.0 Å². The standard InChI is InChI=1S/C11H20ClN3O/c1-4-9-11(12)10(15(5-2)13-9)8-14(3)6-7-16/h16H,4-8H2,1-3H3. The molecule has 0 spiro atoms. The van der Waals surface area contributed by atoms with Gasteiger partial charge in [0.2, 0.25) is 0 Å². The molecule has 1 aromatic rings. The second-order valence-electron chi connectivity index (χ2n) is 3.84. The van der Waals surface area contributed by atoms with E-state index < -0.39 is 0 Å². The molecule has 5 heteroatoms. The lowest BCUT2D eigenvalue weighted by atomic mass is 10.3. The minimum Gasteiger partial charge on any atom is -0.395 e.